The Bertz CT molecular complexity index is 1160. The molecule has 1 aliphatic rings. The highest BCUT2D eigenvalue weighted by Gasteiger charge is 2.28. The number of hydrogen-bond donors (Lipinski definition) is 0. The monoisotopic (exact) mass is 462 g/mol. The van der Waals surface area contributed by atoms with Crippen LogP contribution in [0, 0.1) is 0 Å². The number of aromatic nitrogens is 4. The summed E-state index contributed by atoms with van der Waals surface area (Å²) in [7, 11) is 0. The fourth-order valence-electron chi connectivity index (χ4n) is 3.96. The van der Waals surface area contributed by atoms with Crippen LogP contribution in [-0.2, 0) is 9.47 Å². The molecule has 0 bridgehead atoms. The van der Waals surface area contributed by atoms with Crippen molar-refractivity contribution in [1.82, 2.24) is 29.4 Å². The standard InChI is InChI=1S/C24H26N6O4/c1-17(29-15-19-7-3-5-9-21(19)25-29)33-23(31)27-11-13-28(14-12-27)24(32)34-18(2)30-16-20-8-4-6-10-22(20)26-30/h3-10,15-18H,11-14H2,1-2H3/t17-,18-/m1/s1. The maximum absolute atomic E-state index is 12.6. The molecule has 2 aromatic heterocycles. The van der Waals surface area contributed by atoms with Crippen molar-refractivity contribution in [3.05, 3.63) is 60.9 Å². The molecule has 2 amide bonds. The van der Waals surface area contributed by atoms with Crippen molar-refractivity contribution < 1.29 is 19.1 Å². The van der Waals surface area contributed by atoms with E-state index in [2.05, 4.69) is 10.2 Å². The van der Waals surface area contributed by atoms with Gasteiger partial charge in [0.2, 0.25) is 0 Å². The van der Waals surface area contributed by atoms with E-state index in [1.54, 1.807) is 33.0 Å². The summed E-state index contributed by atoms with van der Waals surface area (Å²) in [6.07, 6.45) is 1.74. The number of piperazine rings is 1. The van der Waals surface area contributed by atoms with Gasteiger partial charge in [0.15, 0.2) is 12.5 Å². The molecule has 3 heterocycles. The summed E-state index contributed by atoms with van der Waals surface area (Å²) < 4.78 is 14.5. The van der Waals surface area contributed by atoms with Crippen LogP contribution in [-0.4, -0.2) is 67.7 Å². The Morgan fingerprint density at radius 1 is 0.706 bits per heavy atom. The zero-order valence-electron chi connectivity index (χ0n) is 19.1. The highest BCUT2D eigenvalue weighted by molar-refractivity contribution is 5.78. The van der Waals surface area contributed by atoms with Crippen LogP contribution in [0.15, 0.2) is 60.9 Å². The van der Waals surface area contributed by atoms with Gasteiger partial charge >= 0.3 is 12.2 Å². The van der Waals surface area contributed by atoms with Crippen LogP contribution in [0.3, 0.4) is 0 Å². The molecule has 0 N–H and O–H groups in total. The normalized spacial score (nSPS) is 15.9. The third-order valence-corrected chi connectivity index (χ3v) is 5.95. The summed E-state index contributed by atoms with van der Waals surface area (Å²) in [5.41, 5.74) is 1.69. The molecule has 176 valence electrons. The van der Waals surface area contributed by atoms with Crippen LogP contribution in [0.1, 0.15) is 26.3 Å². The van der Waals surface area contributed by atoms with E-state index in [-0.39, 0.29) is 0 Å². The van der Waals surface area contributed by atoms with E-state index in [0.29, 0.717) is 26.2 Å². The van der Waals surface area contributed by atoms with Gasteiger partial charge in [0, 0.05) is 49.3 Å². The zero-order valence-corrected chi connectivity index (χ0v) is 19.1. The van der Waals surface area contributed by atoms with Crippen LogP contribution in [0.2, 0.25) is 0 Å². The van der Waals surface area contributed by atoms with Crippen molar-refractivity contribution in [3.63, 3.8) is 0 Å². The Morgan fingerprint density at radius 2 is 1.09 bits per heavy atom. The number of amides is 2. The third kappa shape index (κ3) is 4.39. The molecule has 0 spiro atoms. The first-order chi connectivity index (χ1) is 16.5. The van der Waals surface area contributed by atoms with Crippen molar-refractivity contribution in [1.29, 1.82) is 0 Å². The van der Waals surface area contributed by atoms with E-state index < -0.39 is 24.6 Å². The third-order valence-electron chi connectivity index (χ3n) is 5.95. The van der Waals surface area contributed by atoms with Crippen LogP contribution in [0.4, 0.5) is 9.59 Å². The molecule has 1 aliphatic heterocycles. The summed E-state index contributed by atoms with van der Waals surface area (Å²) in [6, 6.07) is 15.4. The average molecular weight is 463 g/mol. The number of nitrogens with zero attached hydrogens (tertiary/aromatic N) is 6. The van der Waals surface area contributed by atoms with Gasteiger partial charge in [-0.25, -0.2) is 19.0 Å². The molecule has 1 fully saturated rings. The molecular weight excluding hydrogens is 436 g/mol. The second kappa shape index (κ2) is 9.05. The van der Waals surface area contributed by atoms with Gasteiger partial charge in [-0.15, -0.1) is 0 Å². The fourth-order valence-corrected chi connectivity index (χ4v) is 3.96. The lowest BCUT2D eigenvalue weighted by molar-refractivity contribution is 0.00614. The maximum Gasteiger partial charge on any atom is 0.411 e. The van der Waals surface area contributed by atoms with Gasteiger partial charge in [0.25, 0.3) is 0 Å². The molecule has 0 radical (unpaired) electrons. The molecule has 0 saturated carbocycles. The Labute approximate surface area is 196 Å². The molecule has 0 aliphatic carbocycles. The van der Waals surface area contributed by atoms with E-state index in [0.717, 1.165) is 21.8 Å². The van der Waals surface area contributed by atoms with Gasteiger partial charge in [-0.2, -0.15) is 10.2 Å². The molecule has 34 heavy (non-hydrogen) atoms. The van der Waals surface area contributed by atoms with Crippen molar-refractivity contribution >= 4 is 34.0 Å². The first-order valence-electron chi connectivity index (χ1n) is 11.3. The summed E-state index contributed by atoms with van der Waals surface area (Å²) in [5.74, 6) is 0. The lowest BCUT2D eigenvalue weighted by Gasteiger charge is -2.34. The first-order valence-corrected chi connectivity index (χ1v) is 11.3. The van der Waals surface area contributed by atoms with E-state index in [1.165, 1.54) is 0 Å². The van der Waals surface area contributed by atoms with E-state index >= 15 is 0 Å². The number of carbonyl (C=O) groups excluding carboxylic acids is 2. The molecule has 1 saturated heterocycles. The van der Waals surface area contributed by atoms with Crippen LogP contribution < -0.4 is 0 Å². The number of benzene rings is 2. The Kier molecular flexibility index (Phi) is 5.79. The smallest absolute Gasteiger partial charge is 0.411 e. The van der Waals surface area contributed by atoms with Crippen LogP contribution in [0.25, 0.3) is 21.8 Å². The molecule has 2 atom stereocenters. The topological polar surface area (TPSA) is 94.7 Å². The van der Waals surface area contributed by atoms with Crippen LogP contribution in [0.5, 0.6) is 0 Å². The fraction of sp³-hybridized carbons (Fsp3) is 0.333. The highest BCUT2D eigenvalue weighted by Crippen LogP contribution is 2.19. The van der Waals surface area contributed by atoms with Crippen molar-refractivity contribution in [2.45, 2.75) is 26.3 Å². The SMILES string of the molecule is C[C@@H](OC(=O)N1CCN(C(=O)O[C@H](C)n2cc3ccccc3n2)CC1)n1cc2ccccc2n1. The zero-order chi connectivity index (χ0) is 23.7. The number of hydrogen-bond acceptors (Lipinski definition) is 6. The minimum Gasteiger partial charge on any atom is -0.424 e. The van der Waals surface area contributed by atoms with Gasteiger partial charge in [-0.3, -0.25) is 0 Å². The van der Waals surface area contributed by atoms with E-state index in [1.807, 2.05) is 60.9 Å². The van der Waals surface area contributed by atoms with Crippen molar-refractivity contribution in [2.75, 3.05) is 26.2 Å². The predicted octanol–water partition coefficient (Wildman–Crippen LogP) is 4.01. The van der Waals surface area contributed by atoms with Crippen LogP contribution >= 0.6 is 0 Å². The molecular formula is C24H26N6O4. The predicted molar refractivity (Wildman–Crippen MR) is 125 cm³/mol. The van der Waals surface area contributed by atoms with E-state index in [9.17, 15) is 9.59 Å². The summed E-state index contributed by atoms with van der Waals surface area (Å²) in [4.78, 5) is 28.5. The number of ether oxygens (including phenoxy) is 2. The van der Waals surface area contributed by atoms with Crippen molar-refractivity contribution in [3.8, 4) is 0 Å². The van der Waals surface area contributed by atoms with E-state index in [4.69, 9.17) is 9.47 Å². The minimum atomic E-state index is -0.548. The molecule has 2 aromatic carbocycles. The first kappa shape index (κ1) is 21.7. The van der Waals surface area contributed by atoms with Gasteiger partial charge in [0.1, 0.15) is 0 Å². The Balaban J connectivity index is 1.12. The summed E-state index contributed by atoms with van der Waals surface area (Å²) in [5, 5.41) is 10.9. The van der Waals surface area contributed by atoms with Gasteiger partial charge in [-0.1, -0.05) is 36.4 Å². The number of carbonyl (C=O) groups is 2. The Hall–Kier alpha value is -4.08. The number of fused-ring (bicyclic) bond motifs is 2. The Morgan fingerprint density at radius 3 is 1.47 bits per heavy atom. The van der Waals surface area contributed by atoms with Crippen molar-refractivity contribution in [2.24, 2.45) is 0 Å². The summed E-state index contributed by atoms with van der Waals surface area (Å²) >= 11 is 0. The molecule has 10 nitrogen and oxygen atoms in total. The number of rotatable bonds is 4. The lowest BCUT2D eigenvalue weighted by Crippen LogP contribution is -2.51. The molecule has 10 heteroatoms. The van der Waals surface area contributed by atoms with Gasteiger partial charge in [-0.05, 0) is 26.0 Å². The second-order valence-electron chi connectivity index (χ2n) is 8.28. The quantitative estimate of drug-likeness (QED) is 0.455. The van der Waals surface area contributed by atoms with Gasteiger partial charge in [0.05, 0.1) is 11.0 Å². The molecule has 5 rings (SSSR count). The lowest BCUT2D eigenvalue weighted by atomic mass is 10.3. The van der Waals surface area contributed by atoms with Gasteiger partial charge < -0.3 is 19.3 Å². The summed E-state index contributed by atoms with van der Waals surface area (Å²) in [6.45, 7) is 5.00. The molecule has 4 aromatic rings. The second-order valence-corrected chi connectivity index (χ2v) is 8.28. The highest BCUT2D eigenvalue weighted by atomic mass is 16.6. The minimum absolute atomic E-state index is 0.363. The maximum atomic E-state index is 12.6. The average Bonchev–Trinajstić information content (AvgIpc) is 3.48. The largest absolute Gasteiger partial charge is 0.424 e. The molecule has 0 unspecified atom stereocenters.